The Balaban J connectivity index is 1.12. The SMILES string of the molecule is COC1C(OC2CCC3(C)C(C2)C(O)CC2(O)C3CCC3(C)C(C(C)CCC(OC4OC(CO)C(O)C4O)C(C)C)CC(O)C32)OCC(O)C1O. The molecule has 20 unspecified atom stereocenters. The average molecular weight is 731 g/mol. The molecule has 13 heteroatoms. The van der Waals surface area contributed by atoms with Crippen molar-refractivity contribution in [3.63, 3.8) is 0 Å². The lowest BCUT2D eigenvalue weighted by Gasteiger charge is -2.66. The van der Waals surface area contributed by atoms with Gasteiger partial charge in [-0.3, -0.25) is 0 Å². The van der Waals surface area contributed by atoms with Gasteiger partial charge in [0.25, 0.3) is 0 Å². The van der Waals surface area contributed by atoms with Crippen LogP contribution in [-0.4, -0.2) is 140 Å². The van der Waals surface area contributed by atoms with E-state index in [0.29, 0.717) is 25.7 Å². The van der Waals surface area contributed by atoms with E-state index in [9.17, 15) is 40.9 Å². The molecule has 13 nitrogen and oxygen atoms in total. The van der Waals surface area contributed by atoms with Gasteiger partial charge in [-0.2, -0.15) is 0 Å². The van der Waals surface area contributed by atoms with Gasteiger partial charge < -0.3 is 64.5 Å². The van der Waals surface area contributed by atoms with Gasteiger partial charge in [0.05, 0.1) is 43.2 Å². The molecule has 2 saturated heterocycles. The Morgan fingerprint density at radius 3 is 2.18 bits per heavy atom. The number of aliphatic hydroxyl groups is 8. The first-order valence-electron chi connectivity index (χ1n) is 19.5. The Kier molecular flexibility index (Phi) is 12.0. The largest absolute Gasteiger partial charge is 0.394 e. The van der Waals surface area contributed by atoms with Crippen molar-refractivity contribution >= 4 is 0 Å². The number of hydrogen-bond acceptors (Lipinski definition) is 13. The molecule has 4 saturated carbocycles. The smallest absolute Gasteiger partial charge is 0.186 e. The highest BCUT2D eigenvalue weighted by molar-refractivity contribution is 5.20. The van der Waals surface area contributed by atoms with Gasteiger partial charge in [0, 0.05) is 19.4 Å². The molecule has 0 spiro atoms. The molecule has 0 aromatic rings. The molecule has 6 fully saturated rings. The van der Waals surface area contributed by atoms with Crippen molar-refractivity contribution in [2.75, 3.05) is 20.3 Å². The topological polar surface area (TPSA) is 208 Å². The molecular formula is C38H66O13. The number of hydrogen-bond donors (Lipinski definition) is 8. The number of ether oxygens (including phenoxy) is 5. The number of fused-ring (bicyclic) bond motifs is 5. The van der Waals surface area contributed by atoms with Crippen LogP contribution in [0.15, 0.2) is 0 Å². The van der Waals surface area contributed by atoms with Crippen LogP contribution in [0.25, 0.3) is 0 Å². The van der Waals surface area contributed by atoms with Crippen molar-refractivity contribution < 1.29 is 64.5 Å². The Hall–Kier alpha value is -0.520. The van der Waals surface area contributed by atoms with Crippen LogP contribution in [0, 0.1) is 46.3 Å². The van der Waals surface area contributed by atoms with Crippen molar-refractivity contribution in [3.8, 4) is 0 Å². The molecule has 2 aliphatic heterocycles. The highest BCUT2D eigenvalue weighted by Gasteiger charge is 2.71. The Morgan fingerprint density at radius 2 is 1.53 bits per heavy atom. The second-order valence-electron chi connectivity index (χ2n) is 18.0. The molecule has 0 amide bonds. The van der Waals surface area contributed by atoms with Gasteiger partial charge in [-0.15, -0.1) is 0 Å². The highest BCUT2D eigenvalue weighted by atomic mass is 16.7. The minimum atomic E-state index is -1.24. The Labute approximate surface area is 302 Å². The monoisotopic (exact) mass is 730 g/mol. The van der Waals surface area contributed by atoms with Crippen LogP contribution in [0.3, 0.4) is 0 Å². The fourth-order valence-electron chi connectivity index (χ4n) is 12.2. The van der Waals surface area contributed by atoms with E-state index < -0.39 is 73.6 Å². The summed E-state index contributed by atoms with van der Waals surface area (Å²) in [4.78, 5) is 0. The molecule has 0 aromatic carbocycles. The summed E-state index contributed by atoms with van der Waals surface area (Å²) < 4.78 is 29.3. The third-order valence-electron chi connectivity index (χ3n) is 14.9. The van der Waals surface area contributed by atoms with E-state index in [2.05, 4.69) is 20.8 Å². The molecule has 8 N–H and O–H groups in total. The molecule has 6 rings (SSSR count). The molecule has 4 aliphatic carbocycles. The van der Waals surface area contributed by atoms with Crippen LogP contribution in [0.5, 0.6) is 0 Å². The molecule has 51 heavy (non-hydrogen) atoms. The number of methoxy groups -OCH3 is 1. The third-order valence-corrected chi connectivity index (χ3v) is 14.9. The van der Waals surface area contributed by atoms with Gasteiger partial charge in [-0.05, 0) is 91.8 Å². The van der Waals surface area contributed by atoms with Crippen molar-refractivity contribution in [2.24, 2.45) is 46.3 Å². The number of aliphatic hydroxyl groups excluding tert-OH is 7. The van der Waals surface area contributed by atoms with Gasteiger partial charge in [0.2, 0.25) is 0 Å². The van der Waals surface area contributed by atoms with Gasteiger partial charge in [-0.25, -0.2) is 0 Å². The second-order valence-corrected chi connectivity index (χ2v) is 18.0. The molecule has 0 aromatic heterocycles. The maximum absolute atomic E-state index is 12.8. The van der Waals surface area contributed by atoms with Gasteiger partial charge in [0.1, 0.15) is 36.6 Å². The van der Waals surface area contributed by atoms with E-state index in [-0.39, 0.29) is 71.6 Å². The van der Waals surface area contributed by atoms with E-state index in [4.69, 9.17) is 23.7 Å². The minimum Gasteiger partial charge on any atom is -0.394 e. The summed E-state index contributed by atoms with van der Waals surface area (Å²) in [5.74, 6) is -0.129. The first-order chi connectivity index (χ1) is 24.0. The lowest BCUT2D eigenvalue weighted by Crippen LogP contribution is -2.68. The molecule has 0 bridgehead atoms. The summed E-state index contributed by atoms with van der Waals surface area (Å²) in [7, 11) is 1.45. The standard InChI is InChI=1S/C38H66O13/c1-18(2)26(50-34-31(45)30(44)27(16-39)51-34)8-7-19(3)21-14-23(40)33-37(21,5)12-10-28-36(4)11-9-20(13-22(36)24(41)15-38(28,33)46)49-35-32(47-6)29(43)25(42)17-48-35/h18-35,39-46H,7-17H2,1-6H3. The van der Waals surface area contributed by atoms with Crippen LogP contribution >= 0.6 is 0 Å². The Morgan fingerprint density at radius 1 is 0.824 bits per heavy atom. The Bertz CT molecular complexity index is 1180. The van der Waals surface area contributed by atoms with Crippen molar-refractivity contribution in [1.29, 1.82) is 0 Å². The predicted octanol–water partition coefficient (Wildman–Crippen LogP) is 1.08. The van der Waals surface area contributed by atoms with E-state index in [1.807, 2.05) is 13.8 Å². The summed E-state index contributed by atoms with van der Waals surface area (Å²) in [6, 6.07) is 0. The predicted molar refractivity (Wildman–Crippen MR) is 183 cm³/mol. The molecular weight excluding hydrogens is 664 g/mol. The summed E-state index contributed by atoms with van der Waals surface area (Å²) in [6.07, 6.45) is -4.26. The zero-order chi connectivity index (χ0) is 37.2. The van der Waals surface area contributed by atoms with Crippen LogP contribution in [-0.2, 0) is 23.7 Å². The van der Waals surface area contributed by atoms with E-state index in [0.717, 1.165) is 25.7 Å². The van der Waals surface area contributed by atoms with Crippen LogP contribution in [0.2, 0.25) is 0 Å². The molecule has 6 aliphatic rings. The third kappa shape index (κ3) is 6.97. The minimum absolute atomic E-state index is 0.0537. The molecule has 296 valence electrons. The van der Waals surface area contributed by atoms with Gasteiger partial charge in [-0.1, -0.05) is 34.6 Å². The zero-order valence-electron chi connectivity index (χ0n) is 31.3. The first kappa shape index (κ1) is 40.2. The maximum Gasteiger partial charge on any atom is 0.186 e. The maximum atomic E-state index is 12.8. The van der Waals surface area contributed by atoms with Crippen LogP contribution < -0.4 is 0 Å². The van der Waals surface area contributed by atoms with Crippen LogP contribution in [0.4, 0.5) is 0 Å². The first-order valence-corrected chi connectivity index (χ1v) is 19.5. The van der Waals surface area contributed by atoms with E-state index in [1.165, 1.54) is 7.11 Å². The molecule has 2 heterocycles. The van der Waals surface area contributed by atoms with Crippen LogP contribution in [0.1, 0.15) is 92.4 Å². The number of rotatable bonds is 11. The lowest BCUT2D eigenvalue weighted by molar-refractivity contribution is -0.303. The van der Waals surface area contributed by atoms with Gasteiger partial charge >= 0.3 is 0 Å². The second kappa shape index (κ2) is 15.2. The average Bonchev–Trinajstić information content (AvgIpc) is 3.51. The van der Waals surface area contributed by atoms with Gasteiger partial charge in [0.15, 0.2) is 12.6 Å². The molecule has 20 atom stereocenters. The van der Waals surface area contributed by atoms with E-state index in [1.54, 1.807) is 0 Å². The van der Waals surface area contributed by atoms with Crippen molar-refractivity contribution in [2.45, 2.75) is 172 Å². The summed E-state index contributed by atoms with van der Waals surface area (Å²) in [5, 5.41) is 87.1. The fourth-order valence-corrected chi connectivity index (χ4v) is 12.2. The fraction of sp³-hybridized carbons (Fsp3) is 1.00. The lowest BCUT2D eigenvalue weighted by atomic mass is 9.42. The summed E-state index contributed by atoms with van der Waals surface area (Å²) in [6.45, 7) is 10.3. The summed E-state index contributed by atoms with van der Waals surface area (Å²) >= 11 is 0. The normalized spacial score (nSPS) is 52.6. The summed E-state index contributed by atoms with van der Waals surface area (Å²) in [5.41, 5.74) is -1.92. The molecule has 0 radical (unpaired) electrons. The van der Waals surface area contributed by atoms with Crippen molar-refractivity contribution in [1.82, 2.24) is 0 Å². The van der Waals surface area contributed by atoms with Crippen molar-refractivity contribution in [3.05, 3.63) is 0 Å². The van der Waals surface area contributed by atoms with E-state index >= 15 is 0 Å². The quantitative estimate of drug-likeness (QED) is 0.140. The highest BCUT2D eigenvalue weighted by Crippen LogP contribution is 2.70. The zero-order valence-corrected chi connectivity index (χ0v) is 31.3.